The van der Waals surface area contributed by atoms with Crippen molar-refractivity contribution in [1.29, 1.82) is 0 Å². The van der Waals surface area contributed by atoms with Gasteiger partial charge in [0.15, 0.2) is 0 Å². The van der Waals surface area contributed by atoms with Crippen LogP contribution in [0.4, 0.5) is 5.69 Å². The smallest absolute Gasteiger partial charge is 0.105 e. The van der Waals surface area contributed by atoms with Gasteiger partial charge in [-0.2, -0.15) is 0 Å². The maximum atomic E-state index is 6.16. The summed E-state index contributed by atoms with van der Waals surface area (Å²) in [7, 11) is 2.05. The molecule has 0 bridgehead atoms. The van der Waals surface area contributed by atoms with Gasteiger partial charge in [-0.15, -0.1) is 0 Å². The van der Waals surface area contributed by atoms with Crippen molar-refractivity contribution < 1.29 is 4.42 Å². The quantitative estimate of drug-likeness (QED) is 0.860. The van der Waals surface area contributed by atoms with Gasteiger partial charge in [0.25, 0.3) is 0 Å². The van der Waals surface area contributed by atoms with Crippen LogP contribution in [0.25, 0.3) is 0 Å². The van der Waals surface area contributed by atoms with Crippen molar-refractivity contribution in [2.45, 2.75) is 20.0 Å². The number of hydrogen-bond acceptors (Lipinski definition) is 3. The molecule has 0 saturated heterocycles. The highest BCUT2D eigenvalue weighted by Crippen LogP contribution is 2.21. The van der Waals surface area contributed by atoms with Gasteiger partial charge < -0.3 is 10.2 Å². The minimum absolute atomic E-state index is 0.692. The second kappa shape index (κ2) is 5.46. The molecule has 0 atom stereocenters. The first kappa shape index (κ1) is 13.0. The molecule has 0 aliphatic carbocycles. The van der Waals surface area contributed by atoms with Gasteiger partial charge in [-0.1, -0.05) is 17.7 Å². The maximum Gasteiger partial charge on any atom is 0.105 e. The summed E-state index contributed by atoms with van der Waals surface area (Å²) in [6.45, 7) is 3.59. The number of rotatable bonds is 4. The van der Waals surface area contributed by atoms with Gasteiger partial charge in [0.1, 0.15) is 5.76 Å². The molecule has 1 heterocycles. The molecule has 0 spiro atoms. The number of aryl methyl sites for hydroxylation is 1. The molecule has 2 aromatic rings. The van der Waals surface area contributed by atoms with E-state index in [9.17, 15) is 0 Å². The van der Waals surface area contributed by atoms with Gasteiger partial charge in [0, 0.05) is 29.4 Å². The standard InChI is InChI=1S/C14H17ClN2O/c1-10-11(5-6-18-10)8-17(2)9-12-3-4-13(16)7-14(12)15/h3-7H,8-9,16H2,1-2H3. The summed E-state index contributed by atoms with van der Waals surface area (Å²) < 4.78 is 5.29. The Morgan fingerprint density at radius 2 is 1.94 bits per heavy atom. The number of anilines is 1. The molecule has 2 rings (SSSR count). The Morgan fingerprint density at radius 3 is 2.56 bits per heavy atom. The Balaban J connectivity index is 2.03. The Kier molecular flexibility index (Phi) is 3.94. The minimum Gasteiger partial charge on any atom is -0.469 e. The van der Waals surface area contributed by atoms with Crippen molar-refractivity contribution in [3.8, 4) is 0 Å². The van der Waals surface area contributed by atoms with Crippen LogP contribution in [0.2, 0.25) is 5.02 Å². The molecule has 1 aromatic heterocycles. The van der Waals surface area contributed by atoms with Gasteiger partial charge in [-0.3, -0.25) is 4.90 Å². The van der Waals surface area contributed by atoms with E-state index in [1.807, 2.05) is 25.1 Å². The summed E-state index contributed by atoms with van der Waals surface area (Å²) in [5.41, 5.74) is 8.65. The van der Waals surface area contributed by atoms with Crippen LogP contribution in [-0.4, -0.2) is 11.9 Å². The van der Waals surface area contributed by atoms with Crippen molar-refractivity contribution in [2.24, 2.45) is 0 Å². The van der Waals surface area contributed by atoms with Crippen molar-refractivity contribution in [3.63, 3.8) is 0 Å². The zero-order valence-corrected chi connectivity index (χ0v) is 11.4. The first-order chi connectivity index (χ1) is 8.56. The summed E-state index contributed by atoms with van der Waals surface area (Å²) in [4.78, 5) is 2.19. The van der Waals surface area contributed by atoms with E-state index in [2.05, 4.69) is 11.9 Å². The van der Waals surface area contributed by atoms with Gasteiger partial charge in [-0.05, 0) is 37.7 Å². The minimum atomic E-state index is 0.692. The predicted octanol–water partition coefficient (Wildman–Crippen LogP) is 3.46. The highest BCUT2D eigenvalue weighted by molar-refractivity contribution is 6.31. The molecule has 0 amide bonds. The van der Waals surface area contributed by atoms with Gasteiger partial charge in [-0.25, -0.2) is 0 Å². The van der Waals surface area contributed by atoms with E-state index in [1.54, 1.807) is 12.3 Å². The van der Waals surface area contributed by atoms with Crippen LogP contribution in [0.5, 0.6) is 0 Å². The average molecular weight is 265 g/mol. The number of nitrogens with zero attached hydrogens (tertiary/aromatic N) is 1. The van der Waals surface area contributed by atoms with Crippen LogP contribution in [0.15, 0.2) is 34.9 Å². The Morgan fingerprint density at radius 1 is 1.22 bits per heavy atom. The summed E-state index contributed by atoms with van der Waals surface area (Å²) in [5.74, 6) is 0.963. The summed E-state index contributed by atoms with van der Waals surface area (Å²) >= 11 is 6.16. The molecular formula is C14H17ClN2O. The lowest BCUT2D eigenvalue weighted by molar-refractivity contribution is 0.316. The van der Waals surface area contributed by atoms with Crippen LogP contribution < -0.4 is 5.73 Å². The van der Waals surface area contributed by atoms with Crippen molar-refractivity contribution in [1.82, 2.24) is 4.90 Å². The van der Waals surface area contributed by atoms with Crippen LogP contribution in [0.1, 0.15) is 16.9 Å². The fourth-order valence-electron chi connectivity index (χ4n) is 1.90. The summed E-state index contributed by atoms with van der Waals surface area (Å²) in [5, 5.41) is 0.714. The van der Waals surface area contributed by atoms with Gasteiger partial charge in [0.05, 0.1) is 6.26 Å². The summed E-state index contributed by atoms with van der Waals surface area (Å²) in [6.07, 6.45) is 1.72. The fourth-order valence-corrected chi connectivity index (χ4v) is 2.15. The third kappa shape index (κ3) is 3.06. The third-order valence-corrected chi connectivity index (χ3v) is 3.28. The van der Waals surface area contributed by atoms with Gasteiger partial charge in [0.2, 0.25) is 0 Å². The van der Waals surface area contributed by atoms with E-state index in [1.165, 1.54) is 5.56 Å². The molecule has 2 N–H and O–H groups in total. The van der Waals surface area contributed by atoms with Crippen LogP contribution in [0, 0.1) is 6.92 Å². The lowest BCUT2D eigenvalue weighted by Crippen LogP contribution is -2.17. The van der Waals surface area contributed by atoms with Crippen molar-refractivity contribution in [2.75, 3.05) is 12.8 Å². The molecule has 1 aromatic carbocycles. The summed E-state index contributed by atoms with van der Waals surface area (Å²) in [6, 6.07) is 7.62. The molecule has 4 heteroatoms. The zero-order valence-electron chi connectivity index (χ0n) is 10.6. The first-order valence-corrected chi connectivity index (χ1v) is 6.19. The molecule has 0 aliphatic heterocycles. The fraction of sp³-hybridized carbons (Fsp3) is 0.286. The van der Waals surface area contributed by atoms with E-state index < -0.39 is 0 Å². The van der Waals surface area contributed by atoms with E-state index in [0.717, 1.165) is 24.4 Å². The number of hydrogen-bond donors (Lipinski definition) is 1. The molecule has 0 radical (unpaired) electrons. The average Bonchev–Trinajstić information content (AvgIpc) is 2.69. The monoisotopic (exact) mass is 264 g/mol. The van der Waals surface area contributed by atoms with Crippen molar-refractivity contribution >= 4 is 17.3 Å². The van der Waals surface area contributed by atoms with Crippen molar-refractivity contribution in [3.05, 3.63) is 52.4 Å². The second-order valence-electron chi connectivity index (χ2n) is 4.53. The van der Waals surface area contributed by atoms with Gasteiger partial charge >= 0.3 is 0 Å². The number of nitrogens with two attached hydrogens (primary N) is 1. The zero-order chi connectivity index (χ0) is 13.1. The number of halogens is 1. The second-order valence-corrected chi connectivity index (χ2v) is 4.93. The van der Waals surface area contributed by atoms with Crippen LogP contribution >= 0.6 is 11.6 Å². The highest BCUT2D eigenvalue weighted by Gasteiger charge is 2.08. The molecule has 0 saturated carbocycles. The molecule has 96 valence electrons. The Hall–Kier alpha value is -1.45. The molecule has 0 unspecified atom stereocenters. The molecular weight excluding hydrogens is 248 g/mol. The molecule has 3 nitrogen and oxygen atoms in total. The normalized spacial score (nSPS) is 11.1. The first-order valence-electron chi connectivity index (χ1n) is 5.81. The maximum absolute atomic E-state index is 6.16. The lowest BCUT2D eigenvalue weighted by Gasteiger charge is -2.17. The topological polar surface area (TPSA) is 42.4 Å². The molecule has 18 heavy (non-hydrogen) atoms. The number of benzene rings is 1. The Labute approximate surface area is 112 Å². The predicted molar refractivity (Wildman–Crippen MR) is 74.5 cm³/mol. The largest absolute Gasteiger partial charge is 0.469 e. The van der Waals surface area contributed by atoms with E-state index in [-0.39, 0.29) is 0 Å². The third-order valence-electron chi connectivity index (χ3n) is 2.92. The Bertz CT molecular complexity index is 536. The van der Waals surface area contributed by atoms with Crippen LogP contribution in [-0.2, 0) is 13.1 Å². The number of nitrogen functional groups attached to an aromatic ring is 1. The molecule has 0 fully saturated rings. The van der Waals surface area contributed by atoms with E-state index in [0.29, 0.717) is 10.7 Å². The SMILES string of the molecule is Cc1occc1CN(C)Cc1ccc(N)cc1Cl. The molecule has 0 aliphatic rings. The van der Waals surface area contributed by atoms with Crippen LogP contribution in [0.3, 0.4) is 0 Å². The highest BCUT2D eigenvalue weighted by atomic mass is 35.5. The number of furan rings is 1. The van der Waals surface area contributed by atoms with E-state index in [4.69, 9.17) is 21.8 Å². The lowest BCUT2D eigenvalue weighted by atomic mass is 10.2. The van der Waals surface area contributed by atoms with E-state index >= 15 is 0 Å².